The van der Waals surface area contributed by atoms with Crippen molar-refractivity contribution in [2.45, 2.75) is 93.8 Å². The number of aryl methyl sites for hydroxylation is 1. The number of alkyl carbamates (subject to hydrolysis) is 1. The summed E-state index contributed by atoms with van der Waals surface area (Å²) < 4.78 is 6.93. The first-order chi connectivity index (χ1) is 33.5. The van der Waals surface area contributed by atoms with Gasteiger partial charge in [0, 0.05) is 92.5 Å². The molecule has 17 nitrogen and oxygen atoms in total. The Morgan fingerprint density at radius 1 is 0.847 bits per heavy atom. The quantitative estimate of drug-likeness (QED) is 0.0682. The van der Waals surface area contributed by atoms with E-state index in [1.807, 2.05) is 54.5 Å². The predicted molar refractivity (Wildman–Crippen MR) is 294 cm³/mol. The zero-order chi connectivity index (χ0) is 51.9. The summed E-state index contributed by atoms with van der Waals surface area (Å²) in [5, 5.41) is 20.4. The molecule has 0 saturated carbocycles. The van der Waals surface area contributed by atoms with E-state index in [4.69, 9.17) is 33.7 Å². The van der Waals surface area contributed by atoms with Crippen LogP contribution < -0.4 is 32.3 Å². The van der Waals surface area contributed by atoms with Crippen molar-refractivity contribution in [3.8, 4) is 22.5 Å². The van der Waals surface area contributed by atoms with Crippen molar-refractivity contribution in [2.24, 2.45) is 40.4 Å². The number of ether oxygens (including phenoxy) is 1. The van der Waals surface area contributed by atoms with Gasteiger partial charge in [0.2, 0.25) is 11.9 Å². The van der Waals surface area contributed by atoms with Crippen LogP contribution in [0.5, 0.6) is 0 Å². The van der Waals surface area contributed by atoms with E-state index in [1.54, 1.807) is 69.4 Å². The lowest BCUT2D eigenvalue weighted by atomic mass is 9.80. The van der Waals surface area contributed by atoms with Crippen LogP contribution in [0.3, 0.4) is 0 Å². The van der Waals surface area contributed by atoms with Crippen LogP contribution in [0.4, 0.5) is 27.2 Å². The highest BCUT2D eigenvalue weighted by atomic mass is 35.5. The van der Waals surface area contributed by atoms with E-state index < -0.39 is 11.7 Å². The number of aromatic nitrogens is 6. The molecule has 2 aromatic carbocycles. The normalized spacial score (nSPS) is 15.9. The number of nitrogens with zero attached hydrogens (tertiary/aromatic N) is 8. The number of amides is 3. The predicted octanol–water partition coefficient (Wildman–Crippen LogP) is 10.6. The van der Waals surface area contributed by atoms with E-state index in [0.29, 0.717) is 51.2 Å². The fraction of sp³-hybridized carbons (Fsp3) is 0.462. The van der Waals surface area contributed by atoms with Crippen LogP contribution in [0.1, 0.15) is 86.3 Å². The number of nitrogens with two attached hydrogens (primary N) is 1. The van der Waals surface area contributed by atoms with Crippen molar-refractivity contribution in [2.75, 3.05) is 43.9 Å². The Labute approximate surface area is 441 Å². The SMILES string of the molecule is CC(C)(C)C1CCNC1.CN=CC(=CN)Nc1nccc(-c2ccc(CNC(=O)OC(C)(C)C)c(Cl)c2)n1.Cl.Cn1cc(Nc2nccc(-c3ccc(CNC(=O)N4CCC(C(C)(C)C)C4)c(Cl)c3)n2)cn1. The van der Waals surface area contributed by atoms with Gasteiger partial charge < -0.3 is 42.0 Å². The standard InChI is InChI=1S/C24H30ClN7O.C20H25ClN6O2.C8H17N.ClH/c1-24(2,3)18-8-10-32(14-18)23(33)27-12-17-6-5-16(11-20(17)25)21-7-9-26-22(30-21)29-19-13-28-31(4)15-19;1-20(2,3)29-19(28)25-11-14-6-5-13(9-16(14)21)17-7-8-24-18(27-17)26-15(10-22)12-23-4;1-8(2,3)7-4-5-9-6-7;/h5-7,9,11,13,15,18H,8,10,12,14H2,1-4H3,(H,27,33)(H,26,29,30);5-10,12H,11,22H2,1-4H3,(H,25,28)(H,24,26,27);7,9H,4-6H2,1-3H3;1H. The molecule has 2 aliphatic rings. The highest BCUT2D eigenvalue weighted by Gasteiger charge is 2.34. The van der Waals surface area contributed by atoms with Gasteiger partial charge in [0.25, 0.3) is 0 Å². The van der Waals surface area contributed by atoms with E-state index in [2.05, 4.69) is 98.2 Å². The summed E-state index contributed by atoms with van der Waals surface area (Å²) in [6.07, 6.45) is 11.8. The fourth-order valence-corrected chi connectivity index (χ4v) is 8.16. The Kier molecular flexibility index (Phi) is 21.6. The minimum atomic E-state index is -0.557. The molecule has 3 aromatic heterocycles. The van der Waals surface area contributed by atoms with Crippen LogP contribution in [-0.2, 0) is 24.9 Å². The molecule has 7 rings (SSSR count). The molecule has 2 fully saturated rings. The molecule has 390 valence electrons. The van der Waals surface area contributed by atoms with Crippen molar-refractivity contribution < 1.29 is 14.3 Å². The van der Waals surface area contributed by atoms with Gasteiger partial charge in [0.05, 0.1) is 29.0 Å². The van der Waals surface area contributed by atoms with E-state index in [0.717, 1.165) is 59.1 Å². The summed E-state index contributed by atoms with van der Waals surface area (Å²) in [6, 6.07) is 14.8. The molecular weight excluding hydrogens is 975 g/mol. The van der Waals surface area contributed by atoms with Crippen LogP contribution in [0.25, 0.3) is 22.5 Å². The van der Waals surface area contributed by atoms with Gasteiger partial charge in [-0.3, -0.25) is 9.67 Å². The number of carbonyl (C=O) groups excluding carboxylic acids is 2. The Morgan fingerprint density at radius 3 is 1.90 bits per heavy atom. The Balaban J connectivity index is 0.000000265. The summed E-state index contributed by atoms with van der Waals surface area (Å²) in [5.41, 5.74) is 11.8. The Morgan fingerprint density at radius 2 is 1.43 bits per heavy atom. The number of hydrogen-bond donors (Lipinski definition) is 6. The number of carbonyl (C=O) groups is 2. The molecule has 0 spiro atoms. The minimum Gasteiger partial charge on any atom is -0.444 e. The highest BCUT2D eigenvalue weighted by Crippen LogP contribution is 2.34. The summed E-state index contributed by atoms with van der Waals surface area (Å²) in [7, 11) is 3.49. The molecule has 5 aromatic rings. The third-order valence-corrected chi connectivity index (χ3v) is 12.6. The lowest BCUT2D eigenvalue weighted by Crippen LogP contribution is -2.39. The topological polar surface area (TPSA) is 215 Å². The van der Waals surface area contributed by atoms with E-state index in [1.165, 1.54) is 25.7 Å². The first kappa shape index (κ1) is 58.6. The number of allylic oxidation sites excluding steroid dienone is 1. The Bertz CT molecular complexity index is 2610. The maximum atomic E-state index is 12.6. The summed E-state index contributed by atoms with van der Waals surface area (Å²) >= 11 is 12.9. The second kappa shape index (κ2) is 26.6. The number of halogens is 3. The van der Waals surface area contributed by atoms with Gasteiger partial charge in [-0.15, -0.1) is 12.4 Å². The second-order valence-corrected chi connectivity index (χ2v) is 21.5. The molecule has 3 amide bonds. The largest absolute Gasteiger partial charge is 0.444 e. The van der Waals surface area contributed by atoms with E-state index in [9.17, 15) is 9.59 Å². The van der Waals surface area contributed by atoms with Crippen LogP contribution in [-0.4, -0.2) is 91.8 Å². The first-order valence-corrected chi connectivity index (χ1v) is 24.6. The average molecular weight is 1050 g/mol. The molecular formula is C52H73Cl3N14O3. The number of benzene rings is 2. The molecule has 2 aliphatic heterocycles. The number of anilines is 3. The molecule has 20 heteroatoms. The van der Waals surface area contributed by atoms with Gasteiger partial charge in [0.15, 0.2) is 0 Å². The third-order valence-electron chi connectivity index (χ3n) is 11.9. The zero-order valence-electron chi connectivity index (χ0n) is 43.4. The van der Waals surface area contributed by atoms with Crippen LogP contribution in [0.15, 0.2) is 90.2 Å². The lowest BCUT2D eigenvalue weighted by molar-refractivity contribution is 0.0523. The molecule has 2 saturated heterocycles. The number of aliphatic imine (C=N–C) groups is 1. The van der Waals surface area contributed by atoms with Gasteiger partial charge in [-0.25, -0.2) is 29.5 Å². The first-order valence-electron chi connectivity index (χ1n) is 23.8. The van der Waals surface area contributed by atoms with Gasteiger partial charge >= 0.3 is 12.1 Å². The van der Waals surface area contributed by atoms with Crippen molar-refractivity contribution in [3.63, 3.8) is 0 Å². The Hall–Kier alpha value is -6.01. The number of urea groups is 1. The van der Waals surface area contributed by atoms with Crippen molar-refractivity contribution in [1.29, 1.82) is 0 Å². The molecule has 5 heterocycles. The summed E-state index contributed by atoms with van der Waals surface area (Å²) in [4.78, 5) is 47.7. The zero-order valence-corrected chi connectivity index (χ0v) is 45.8. The van der Waals surface area contributed by atoms with Gasteiger partial charge in [-0.1, -0.05) is 89.0 Å². The molecule has 0 bridgehead atoms. The van der Waals surface area contributed by atoms with Crippen LogP contribution in [0.2, 0.25) is 10.0 Å². The van der Waals surface area contributed by atoms with Gasteiger partial charge in [-0.2, -0.15) is 5.10 Å². The fourth-order valence-electron chi connectivity index (χ4n) is 7.67. The monoisotopic (exact) mass is 1050 g/mol. The third kappa shape index (κ3) is 18.6. The number of rotatable bonds is 11. The van der Waals surface area contributed by atoms with Crippen molar-refractivity contribution in [3.05, 3.63) is 106 Å². The number of hydrogen-bond acceptors (Lipinski definition) is 13. The van der Waals surface area contributed by atoms with E-state index >= 15 is 0 Å². The molecule has 0 aliphatic carbocycles. The average Bonchev–Trinajstić information content (AvgIpc) is 4.12. The molecule has 0 radical (unpaired) electrons. The minimum absolute atomic E-state index is 0. The molecule has 2 unspecified atom stereocenters. The highest BCUT2D eigenvalue weighted by molar-refractivity contribution is 6.32. The van der Waals surface area contributed by atoms with Gasteiger partial charge in [-0.05, 0) is 105 Å². The van der Waals surface area contributed by atoms with E-state index in [-0.39, 0.29) is 30.4 Å². The van der Waals surface area contributed by atoms with Crippen molar-refractivity contribution in [1.82, 2.24) is 50.6 Å². The maximum Gasteiger partial charge on any atom is 0.407 e. The summed E-state index contributed by atoms with van der Waals surface area (Å²) in [6.45, 7) is 23.8. The molecule has 7 N–H and O–H groups in total. The number of nitrogens with one attached hydrogen (secondary N) is 5. The smallest absolute Gasteiger partial charge is 0.407 e. The van der Waals surface area contributed by atoms with Crippen LogP contribution in [0, 0.1) is 22.7 Å². The maximum absolute atomic E-state index is 12.6. The van der Waals surface area contributed by atoms with Gasteiger partial charge in [0.1, 0.15) is 5.60 Å². The molecule has 72 heavy (non-hydrogen) atoms. The molecule has 2 atom stereocenters. The van der Waals surface area contributed by atoms with Crippen molar-refractivity contribution >= 4 is 71.5 Å². The number of likely N-dealkylation sites (tertiary alicyclic amines) is 1. The van der Waals surface area contributed by atoms with Crippen LogP contribution >= 0.6 is 35.6 Å². The summed E-state index contributed by atoms with van der Waals surface area (Å²) in [5.74, 6) is 2.28. The lowest BCUT2D eigenvalue weighted by Gasteiger charge is -2.27. The second-order valence-electron chi connectivity index (χ2n) is 20.7.